The minimum atomic E-state index is -0.0216. The first-order valence-corrected chi connectivity index (χ1v) is 5.98. The smallest absolute Gasteiger partial charge is 0.182 e. The van der Waals surface area contributed by atoms with Crippen molar-refractivity contribution in [1.29, 1.82) is 0 Å². The molecule has 0 aliphatic rings. The molecule has 0 saturated heterocycles. The lowest BCUT2D eigenvalue weighted by atomic mass is 10.2. The van der Waals surface area contributed by atoms with Gasteiger partial charge < -0.3 is 14.6 Å². The van der Waals surface area contributed by atoms with Crippen molar-refractivity contribution in [3.8, 4) is 22.9 Å². The van der Waals surface area contributed by atoms with E-state index < -0.39 is 0 Å². The van der Waals surface area contributed by atoms with Crippen molar-refractivity contribution >= 4 is 0 Å². The summed E-state index contributed by atoms with van der Waals surface area (Å²) in [7, 11) is 1.58. The van der Waals surface area contributed by atoms with Crippen LogP contribution in [0, 0.1) is 0 Å². The number of aliphatic hydroxyl groups excluding tert-OH is 1. The number of aromatic nitrogens is 4. The van der Waals surface area contributed by atoms with E-state index in [4.69, 9.17) is 14.6 Å². The highest BCUT2D eigenvalue weighted by molar-refractivity contribution is 5.60. The van der Waals surface area contributed by atoms with Gasteiger partial charge in [0.25, 0.3) is 0 Å². The molecule has 0 aliphatic carbocycles. The first-order chi connectivity index (χ1) is 9.30. The summed E-state index contributed by atoms with van der Waals surface area (Å²) >= 11 is 0. The summed E-state index contributed by atoms with van der Waals surface area (Å²) in [5.74, 6) is 1.88. The second-order valence-corrected chi connectivity index (χ2v) is 3.75. The predicted octanol–water partition coefficient (Wildman–Crippen LogP) is 0.740. The standard InChI is InChI=1S/C12H16N4O3/c1-3-19-10-5-4-9(8-11(10)18-2)12-13-14-15-16(12)6-7-17/h4-5,8,17H,3,6-7H2,1-2H3. The molecule has 0 spiro atoms. The third kappa shape index (κ3) is 2.82. The van der Waals surface area contributed by atoms with Crippen LogP contribution in [0.5, 0.6) is 11.5 Å². The predicted molar refractivity (Wildman–Crippen MR) is 68.1 cm³/mol. The zero-order chi connectivity index (χ0) is 13.7. The minimum Gasteiger partial charge on any atom is -0.493 e. The largest absolute Gasteiger partial charge is 0.493 e. The molecule has 2 aromatic rings. The van der Waals surface area contributed by atoms with Crippen LogP contribution in [0.25, 0.3) is 11.4 Å². The molecule has 1 aromatic carbocycles. The van der Waals surface area contributed by atoms with E-state index in [1.54, 1.807) is 7.11 Å². The van der Waals surface area contributed by atoms with Gasteiger partial charge in [-0.25, -0.2) is 4.68 Å². The lowest BCUT2D eigenvalue weighted by molar-refractivity contribution is 0.269. The van der Waals surface area contributed by atoms with E-state index in [2.05, 4.69) is 15.5 Å². The van der Waals surface area contributed by atoms with Crippen LogP contribution in [-0.2, 0) is 6.54 Å². The van der Waals surface area contributed by atoms with Gasteiger partial charge in [0.15, 0.2) is 17.3 Å². The van der Waals surface area contributed by atoms with Crippen LogP contribution >= 0.6 is 0 Å². The van der Waals surface area contributed by atoms with Crippen molar-refractivity contribution < 1.29 is 14.6 Å². The van der Waals surface area contributed by atoms with Crippen LogP contribution in [0.2, 0.25) is 0 Å². The van der Waals surface area contributed by atoms with Gasteiger partial charge >= 0.3 is 0 Å². The summed E-state index contributed by atoms with van der Waals surface area (Å²) in [4.78, 5) is 0. The molecule has 102 valence electrons. The Bertz CT molecular complexity index is 542. The summed E-state index contributed by atoms with van der Waals surface area (Å²) in [6.45, 7) is 2.80. The van der Waals surface area contributed by atoms with Crippen molar-refractivity contribution in [3.05, 3.63) is 18.2 Å². The number of methoxy groups -OCH3 is 1. The van der Waals surface area contributed by atoms with E-state index in [1.165, 1.54) is 4.68 Å². The molecule has 0 radical (unpaired) electrons. The van der Waals surface area contributed by atoms with Crippen molar-refractivity contribution in [2.45, 2.75) is 13.5 Å². The van der Waals surface area contributed by atoms with E-state index >= 15 is 0 Å². The van der Waals surface area contributed by atoms with Gasteiger partial charge in [0.05, 0.1) is 26.9 Å². The number of hydrogen-bond donors (Lipinski definition) is 1. The number of tetrazole rings is 1. The van der Waals surface area contributed by atoms with Gasteiger partial charge in [-0.15, -0.1) is 5.10 Å². The molecule has 7 nitrogen and oxygen atoms in total. The van der Waals surface area contributed by atoms with Crippen LogP contribution in [0.1, 0.15) is 6.92 Å². The minimum absolute atomic E-state index is 0.0216. The molecule has 1 heterocycles. The SMILES string of the molecule is CCOc1ccc(-c2nnnn2CCO)cc1OC. The second-order valence-electron chi connectivity index (χ2n) is 3.75. The number of nitrogens with zero attached hydrogens (tertiary/aromatic N) is 4. The second kappa shape index (κ2) is 6.14. The van der Waals surface area contributed by atoms with Gasteiger partial charge in [0.1, 0.15) is 0 Å². The van der Waals surface area contributed by atoms with Crippen molar-refractivity contribution in [3.63, 3.8) is 0 Å². The maximum Gasteiger partial charge on any atom is 0.182 e. The molecule has 0 aliphatic heterocycles. The van der Waals surface area contributed by atoms with Crippen LogP contribution in [-0.4, -0.2) is 45.6 Å². The van der Waals surface area contributed by atoms with E-state index in [0.29, 0.717) is 30.5 Å². The Labute approximate surface area is 110 Å². The van der Waals surface area contributed by atoms with Gasteiger partial charge in [-0.3, -0.25) is 0 Å². The number of ether oxygens (including phenoxy) is 2. The third-order valence-corrected chi connectivity index (χ3v) is 2.57. The molecule has 0 atom stereocenters. The highest BCUT2D eigenvalue weighted by Gasteiger charge is 2.12. The Kier molecular flexibility index (Phi) is 4.30. The Morgan fingerprint density at radius 3 is 2.84 bits per heavy atom. The Balaban J connectivity index is 2.37. The first kappa shape index (κ1) is 13.3. The average Bonchev–Trinajstić information content (AvgIpc) is 2.88. The molecule has 7 heteroatoms. The Morgan fingerprint density at radius 1 is 1.32 bits per heavy atom. The molecule has 1 aromatic heterocycles. The summed E-state index contributed by atoms with van der Waals surface area (Å²) in [5.41, 5.74) is 0.804. The quantitative estimate of drug-likeness (QED) is 0.828. The van der Waals surface area contributed by atoms with Crippen LogP contribution in [0.3, 0.4) is 0 Å². The number of hydrogen-bond acceptors (Lipinski definition) is 6. The third-order valence-electron chi connectivity index (χ3n) is 2.57. The molecule has 0 bridgehead atoms. The average molecular weight is 264 g/mol. The van der Waals surface area contributed by atoms with Crippen LogP contribution < -0.4 is 9.47 Å². The van der Waals surface area contributed by atoms with Gasteiger partial charge in [0.2, 0.25) is 0 Å². The van der Waals surface area contributed by atoms with Crippen LogP contribution in [0.15, 0.2) is 18.2 Å². The van der Waals surface area contributed by atoms with Gasteiger partial charge in [0, 0.05) is 5.56 Å². The summed E-state index contributed by atoms with van der Waals surface area (Å²) in [6, 6.07) is 5.48. The Morgan fingerprint density at radius 2 is 2.16 bits per heavy atom. The van der Waals surface area contributed by atoms with E-state index in [0.717, 1.165) is 5.56 Å². The molecular weight excluding hydrogens is 248 g/mol. The van der Waals surface area contributed by atoms with E-state index in [1.807, 2.05) is 25.1 Å². The molecular formula is C12H16N4O3. The van der Waals surface area contributed by atoms with Gasteiger partial charge in [-0.2, -0.15) is 0 Å². The number of benzene rings is 1. The molecule has 0 amide bonds. The van der Waals surface area contributed by atoms with Crippen LogP contribution in [0.4, 0.5) is 0 Å². The summed E-state index contributed by atoms with van der Waals surface area (Å²) < 4.78 is 12.3. The highest BCUT2D eigenvalue weighted by Crippen LogP contribution is 2.31. The number of aliphatic hydroxyl groups is 1. The topological polar surface area (TPSA) is 82.3 Å². The monoisotopic (exact) mass is 264 g/mol. The summed E-state index contributed by atoms with van der Waals surface area (Å²) in [6.07, 6.45) is 0. The zero-order valence-corrected chi connectivity index (χ0v) is 10.9. The Hall–Kier alpha value is -2.15. The number of rotatable bonds is 6. The van der Waals surface area contributed by atoms with Gasteiger partial charge in [-0.1, -0.05) is 0 Å². The molecule has 0 saturated carbocycles. The summed E-state index contributed by atoms with van der Waals surface area (Å²) in [5, 5.41) is 20.3. The lowest BCUT2D eigenvalue weighted by Crippen LogP contribution is -2.06. The molecule has 1 N–H and O–H groups in total. The first-order valence-electron chi connectivity index (χ1n) is 5.98. The maximum atomic E-state index is 8.96. The zero-order valence-electron chi connectivity index (χ0n) is 10.9. The van der Waals surface area contributed by atoms with E-state index in [-0.39, 0.29) is 6.61 Å². The van der Waals surface area contributed by atoms with Crippen molar-refractivity contribution in [1.82, 2.24) is 20.2 Å². The fourth-order valence-electron chi connectivity index (χ4n) is 1.74. The molecule has 2 rings (SSSR count). The maximum absolute atomic E-state index is 8.96. The van der Waals surface area contributed by atoms with Crippen molar-refractivity contribution in [2.75, 3.05) is 20.3 Å². The molecule has 19 heavy (non-hydrogen) atoms. The molecule has 0 fully saturated rings. The fourth-order valence-corrected chi connectivity index (χ4v) is 1.74. The van der Waals surface area contributed by atoms with Gasteiger partial charge in [-0.05, 0) is 35.5 Å². The van der Waals surface area contributed by atoms with Crippen molar-refractivity contribution in [2.24, 2.45) is 0 Å². The normalized spacial score (nSPS) is 10.5. The highest BCUT2D eigenvalue weighted by atomic mass is 16.5. The lowest BCUT2D eigenvalue weighted by Gasteiger charge is -2.10. The van der Waals surface area contributed by atoms with E-state index in [9.17, 15) is 0 Å². The fraction of sp³-hybridized carbons (Fsp3) is 0.417. The molecule has 0 unspecified atom stereocenters.